The first kappa shape index (κ1) is 20.4. The maximum atomic E-state index is 12.7. The van der Waals surface area contributed by atoms with Crippen molar-refractivity contribution in [3.05, 3.63) is 108 Å². The Balaban J connectivity index is 1.27. The number of carbonyl (C=O) groups excluding carboxylic acids is 1. The molecule has 0 aliphatic rings. The second kappa shape index (κ2) is 8.92. The molecule has 0 unspecified atom stereocenters. The molecule has 0 saturated heterocycles. The number of nitrogens with zero attached hydrogens (tertiary/aromatic N) is 4. The van der Waals surface area contributed by atoms with Crippen LogP contribution in [0.25, 0.3) is 22.9 Å². The Bertz CT molecular complexity index is 1390. The molecule has 0 aliphatic heterocycles. The Morgan fingerprint density at radius 3 is 2.48 bits per heavy atom. The highest BCUT2D eigenvalue weighted by Crippen LogP contribution is 2.25. The van der Waals surface area contributed by atoms with Crippen molar-refractivity contribution in [1.82, 2.24) is 19.7 Å². The van der Waals surface area contributed by atoms with Crippen LogP contribution >= 0.6 is 0 Å². The number of benzene rings is 3. The number of nitrogens with one attached hydrogen (secondary N) is 1. The average molecular weight is 435 g/mol. The van der Waals surface area contributed by atoms with Gasteiger partial charge in [-0.25, -0.2) is 4.98 Å². The molecular weight excluding hydrogens is 414 g/mol. The van der Waals surface area contributed by atoms with Crippen LogP contribution in [-0.4, -0.2) is 25.7 Å². The van der Waals surface area contributed by atoms with Crippen LogP contribution in [0.15, 0.2) is 95.9 Å². The molecule has 5 aromatic rings. The molecule has 0 radical (unpaired) electrons. The third kappa shape index (κ3) is 4.72. The van der Waals surface area contributed by atoms with Crippen LogP contribution < -0.4 is 5.32 Å². The number of hydrogen-bond donors (Lipinski definition) is 1. The highest BCUT2D eigenvalue weighted by atomic mass is 16.4. The summed E-state index contributed by atoms with van der Waals surface area (Å²) in [7, 11) is 0. The summed E-state index contributed by atoms with van der Waals surface area (Å²) in [5, 5.41) is 11.3. The van der Waals surface area contributed by atoms with Crippen LogP contribution in [0.4, 0.5) is 5.69 Å². The van der Waals surface area contributed by atoms with Gasteiger partial charge in [0.15, 0.2) is 0 Å². The van der Waals surface area contributed by atoms with Gasteiger partial charge in [0.1, 0.15) is 0 Å². The van der Waals surface area contributed by atoms with Gasteiger partial charge < -0.3 is 14.3 Å². The van der Waals surface area contributed by atoms with Crippen molar-refractivity contribution < 1.29 is 9.21 Å². The van der Waals surface area contributed by atoms with Crippen molar-refractivity contribution in [2.45, 2.75) is 13.5 Å². The molecule has 7 nitrogen and oxygen atoms in total. The molecule has 0 bridgehead atoms. The van der Waals surface area contributed by atoms with E-state index in [0.29, 0.717) is 23.9 Å². The van der Waals surface area contributed by atoms with Crippen LogP contribution in [0.3, 0.4) is 0 Å². The predicted octanol–water partition coefficient (Wildman–Crippen LogP) is 5.21. The van der Waals surface area contributed by atoms with Crippen molar-refractivity contribution in [2.24, 2.45) is 0 Å². The zero-order chi connectivity index (χ0) is 22.6. The lowest BCUT2D eigenvalue weighted by molar-refractivity contribution is 0.102. The molecule has 0 aliphatic carbocycles. The van der Waals surface area contributed by atoms with E-state index in [4.69, 9.17) is 4.42 Å². The number of amides is 1. The Morgan fingerprint density at radius 2 is 1.73 bits per heavy atom. The van der Waals surface area contributed by atoms with E-state index in [0.717, 1.165) is 27.9 Å². The molecule has 0 spiro atoms. The van der Waals surface area contributed by atoms with Gasteiger partial charge in [0.05, 0.1) is 6.33 Å². The summed E-state index contributed by atoms with van der Waals surface area (Å²) in [5.41, 5.74) is 5.09. The number of aromatic nitrogens is 4. The van der Waals surface area contributed by atoms with E-state index in [9.17, 15) is 4.79 Å². The molecule has 1 N–H and O–H groups in total. The molecule has 162 valence electrons. The van der Waals surface area contributed by atoms with Gasteiger partial charge in [-0.3, -0.25) is 4.79 Å². The van der Waals surface area contributed by atoms with Crippen molar-refractivity contribution in [3.63, 3.8) is 0 Å². The summed E-state index contributed by atoms with van der Waals surface area (Å²) in [5.74, 6) is 0.684. The van der Waals surface area contributed by atoms with Gasteiger partial charge in [-0.1, -0.05) is 29.8 Å². The maximum Gasteiger partial charge on any atom is 0.255 e. The van der Waals surface area contributed by atoms with E-state index in [1.54, 1.807) is 36.8 Å². The summed E-state index contributed by atoms with van der Waals surface area (Å²) in [4.78, 5) is 16.8. The Hall–Kier alpha value is -4.52. The molecule has 0 saturated carbocycles. The fourth-order valence-corrected chi connectivity index (χ4v) is 3.54. The average Bonchev–Trinajstić information content (AvgIpc) is 3.52. The lowest BCUT2D eigenvalue weighted by Gasteiger charge is -2.08. The number of rotatable bonds is 6. The minimum absolute atomic E-state index is 0.188. The van der Waals surface area contributed by atoms with E-state index in [-0.39, 0.29) is 5.91 Å². The Morgan fingerprint density at radius 1 is 0.939 bits per heavy atom. The minimum atomic E-state index is -0.188. The van der Waals surface area contributed by atoms with E-state index >= 15 is 0 Å². The first-order chi connectivity index (χ1) is 16.1. The first-order valence-electron chi connectivity index (χ1n) is 10.5. The third-order valence-electron chi connectivity index (χ3n) is 5.19. The maximum absolute atomic E-state index is 12.7. The largest absolute Gasteiger partial charge is 0.416 e. The molecule has 0 fully saturated rings. The molecule has 3 aromatic carbocycles. The van der Waals surface area contributed by atoms with Crippen molar-refractivity contribution in [3.8, 4) is 22.9 Å². The summed E-state index contributed by atoms with van der Waals surface area (Å²) in [6.45, 7) is 2.70. The first-order valence-corrected chi connectivity index (χ1v) is 10.5. The second-order valence-electron chi connectivity index (χ2n) is 7.75. The SMILES string of the molecule is Cc1cccc(-c2nnc(-c3ccc(C(=O)Nc4cccc(Cn5ccnc5)c4)cc3)o2)c1. The van der Waals surface area contributed by atoms with Gasteiger partial charge in [-0.2, -0.15) is 0 Å². The van der Waals surface area contributed by atoms with Gasteiger partial charge in [-0.05, 0) is 61.0 Å². The van der Waals surface area contributed by atoms with Crippen molar-refractivity contribution in [1.29, 1.82) is 0 Å². The van der Waals surface area contributed by atoms with Gasteiger partial charge in [-0.15, -0.1) is 10.2 Å². The number of imidazole rings is 1. The lowest BCUT2D eigenvalue weighted by atomic mass is 10.1. The highest BCUT2D eigenvalue weighted by molar-refractivity contribution is 6.04. The zero-order valence-electron chi connectivity index (χ0n) is 18.0. The zero-order valence-corrected chi connectivity index (χ0v) is 18.0. The van der Waals surface area contributed by atoms with Crippen LogP contribution in [-0.2, 0) is 6.54 Å². The van der Waals surface area contributed by atoms with Gasteiger partial charge in [0, 0.05) is 41.3 Å². The smallest absolute Gasteiger partial charge is 0.255 e. The molecular formula is C26H21N5O2. The van der Waals surface area contributed by atoms with E-state index in [1.165, 1.54) is 0 Å². The summed E-state index contributed by atoms with van der Waals surface area (Å²) in [6.07, 6.45) is 5.41. The number of carbonyl (C=O) groups is 1. The van der Waals surface area contributed by atoms with Crippen LogP contribution in [0.5, 0.6) is 0 Å². The molecule has 0 atom stereocenters. The van der Waals surface area contributed by atoms with Crippen LogP contribution in [0.1, 0.15) is 21.5 Å². The van der Waals surface area contributed by atoms with E-state index in [2.05, 4.69) is 20.5 Å². The minimum Gasteiger partial charge on any atom is -0.416 e. The van der Waals surface area contributed by atoms with Gasteiger partial charge in [0.25, 0.3) is 5.91 Å². The predicted molar refractivity (Wildman–Crippen MR) is 126 cm³/mol. The number of anilines is 1. The summed E-state index contributed by atoms with van der Waals surface area (Å²) < 4.78 is 7.81. The molecule has 5 rings (SSSR count). The fraction of sp³-hybridized carbons (Fsp3) is 0.0769. The van der Waals surface area contributed by atoms with Crippen LogP contribution in [0.2, 0.25) is 0 Å². The van der Waals surface area contributed by atoms with E-state index in [1.807, 2.05) is 66.2 Å². The Labute approximate surface area is 190 Å². The molecule has 7 heteroatoms. The molecule has 33 heavy (non-hydrogen) atoms. The number of aryl methyl sites for hydroxylation is 1. The topological polar surface area (TPSA) is 85.8 Å². The summed E-state index contributed by atoms with van der Waals surface area (Å²) >= 11 is 0. The molecule has 1 amide bonds. The van der Waals surface area contributed by atoms with Gasteiger partial charge in [0.2, 0.25) is 11.8 Å². The molecule has 2 aromatic heterocycles. The second-order valence-corrected chi connectivity index (χ2v) is 7.75. The normalized spacial score (nSPS) is 10.8. The quantitative estimate of drug-likeness (QED) is 0.396. The highest BCUT2D eigenvalue weighted by Gasteiger charge is 2.12. The molecule has 2 heterocycles. The standard InChI is InChI=1S/C26H21N5O2/c1-18-4-2-6-22(14-18)26-30-29-25(33-26)21-10-8-20(9-11-21)24(32)28-23-7-3-5-19(15-23)16-31-13-12-27-17-31/h2-15,17H,16H2,1H3,(H,28,32). The van der Waals surface area contributed by atoms with Crippen molar-refractivity contribution >= 4 is 11.6 Å². The number of hydrogen-bond acceptors (Lipinski definition) is 5. The van der Waals surface area contributed by atoms with Crippen LogP contribution in [0, 0.1) is 6.92 Å². The summed E-state index contributed by atoms with van der Waals surface area (Å²) in [6, 6.07) is 22.8. The lowest BCUT2D eigenvalue weighted by Crippen LogP contribution is -2.12. The van der Waals surface area contributed by atoms with E-state index < -0.39 is 0 Å². The Kier molecular flexibility index (Phi) is 5.51. The van der Waals surface area contributed by atoms with Gasteiger partial charge >= 0.3 is 0 Å². The monoisotopic (exact) mass is 435 g/mol. The fourth-order valence-electron chi connectivity index (χ4n) is 3.54. The van der Waals surface area contributed by atoms with Crippen molar-refractivity contribution in [2.75, 3.05) is 5.32 Å². The third-order valence-corrected chi connectivity index (χ3v) is 5.19.